The molecule has 3 aromatic carbocycles. The molecule has 37 heavy (non-hydrogen) atoms. The van der Waals surface area contributed by atoms with Crippen molar-refractivity contribution < 1.29 is 18.8 Å². The van der Waals surface area contributed by atoms with Crippen LogP contribution in [0.4, 0.5) is 5.69 Å². The van der Waals surface area contributed by atoms with Crippen LogP contribution in [0.15, 0.2) is 71.1 Å². The van der Waals surface area contributed by atoms with Crippen LogP contribution in [0.2, 0.25) is 0 Å². The molecule has 5 rings (SSSR count). The summed E-state index contributed by atoms with van der Waals surface area (Å²) in [6, 6.07) is 21.1. The fourth-order valence-corrected chi connectivity index (χ4v) is 4.40. The van der Waals surface area contributed by atoms with Crippen molar-refractivity contribution in [2.75, 3.05) is 5.32 Å². The van der Waals surface area contributed by atoms with E-state index in [4.69, 9.17) is 4.42 Å². The first-order valence-electron chi connectivity index (χ1n) is 12.1. The minimum atomic E-state index is -0.158. The third-order valence-electron chi connectivity index (χ3n) is 6.35. The van der Waals surface area contributed by atoms with E-state index in [1.54, 1.807) is 25.1 Å². The summed E-state index contributed by atoms with van der Waals surface area (Å²) in [5.74, 6) is 0.533. The highest BCUT2D eigenvalue weighted by atomic mass is 16.4. The van der Waals surface area contributed by atoms with Gasteiger partial charge in [0.15, 0.2) is 0 Å². The number of aromatic nitrogens is 2. The molecule has 0 saturated carbocycles. The third kappa shape index (κ3) is 5.48. The van der Waals surface area contributed by atoms with Gasteiger partial charge in [0.25, 0.3) is 0 Å². The summed E-state index contributed by atoms with van der Waals surface area (Å²) < 4.78 is 5.56. The first kappa shape index (κ1) is 24.1. The maximum Gasteiger partial charge on any atom is 0.247 e. The summed E-state index contributed by atoms with van der Waals surface area (Å²) in [5.41, 5.74) is 6.34. The maximum absolute atomic E-state index is 12.7. The molecule has 1 aromatic heterocycles. The predicted molar refractivity (Wildman–Crippen MR) is 138 cm³/mol. The van der Waals surface area contributed by atoms with E-state index in [2.05, 4.69) is 15.5 Å². The van der Waals surface area contributed by atoms with Gasteiger partial charge in [-0.25, -0.2) is 0 Å². The number of anilines is 1. The minimum Gasteiger partial charge on any atom is -0.421 e. The Kier molecular flexibility index (Phi) is 6.64. The zero-order chi connectivity index (χ0) is 25.9. The van der Waals surface area contributed by atoms with Gasteiger partial charge in [-0.1, -0.05) is 42.5 Å². The van der Waals surface area contributed by atoms with Crippen molar-refractivity contribution in [3.63, 3.8) is 0 Å². The molecule has 1 N–H and O–H groups in total. The fourth-order valence-electron chi connectivity index (χ4n) is 4.40. The fraction of sp³-hybridized carbons (Fsp3) is 0.207. The van der Waals surface area contributed by atoms with E-state index in [0.717, 1.165) is 33.4 Å². The first-order chi connectivity index (χ1) is 17.9. The van der Waals surface area contributed by atoms with Crippen LogP contribution in [-0.2, 0) is 27.3 Å². The van der Waals surface area contributed by atoms with Crippen LogP contribution in [0.5, 0.6) is 0 Å². The van der Waals surface area contributed by atoms with Crippen LogP contribution in [0.1, 0.15) is 35.4 Å². The van der Waals surface area contributed by atoms with E-state index in [9.17, 15) is 14.4 Å². The second-order valence-electron chi connectivity index (χ2n) is 9.15. The Bertz CT molecular complexity index is 1470. The van der Waals surface area contributed by atoms with Gasteiger partial charge in [-0.05, 0) is 59.0 Å². The highest BCUT2D eigenvalue weighted by Gasteiger charge is 2.28. The average Bonchev–Trinajstić information content (AvgIpc) is 3.45. The Balaban J connectivity index is 1.24. The molecular weight excluding hydrogens is 468 g/mol. The summed E-state index contributed by atoms with van der Waals surface area (Å²) in [5, 5.41) is 10.9. The summed E-state index contributed by atoms with van der Waals surface area (Å²) in [7, 11) is 0. The van der Waals surface area contributed by atoms with Crippen LogP contribution in [0, 0.1) is 13.8 Å². The number of imide groups is 1. The Morgan fingerprint density at radius 1 is 0.892 bits per heavy atom. The van der Waals surface area contributed by atoms with Gasteiger partial charge in [-0.2, -0.15) is 0 Å². The molecule has 0 spiro atoms. The van der Waals surface area contributed by atoms with E-state index in [0.29, 0.717) is 17.5 Å². The molecule has 186 valence electrons. The molecule has 0 radical (unpaired) electrons. The second kappa shape index (κ2) is 10.2. The van der Waals surface area contributed by atoms with Crippen molar-refractivity contribution in [1.82, 2.24) is 15.1 Å². The molecule has 8 heteroatoms. The lowest BCUT2D eigenvalue weighted by Gasteiger charge is -2.14. The van der Waals surface area contributed by atoms with Crippen LogP contribution >= 0.6 is 0 Å². The SMILES string of the molecule is Cc1nnc(-c2ccc(C)c(-c3ccc(CC(=O)Nc4cccc(CN5C(=O)CCC5=O)c4)cc3)c2)o1. The zero-order valence-corrected chi connectivity index (χ0v) is 20.7. The molecule has 3 amide bonds. The Labute approximate surface area is 214 Å². The van der Waals surface area contributed by atoms with Crippen molar-refractivity contribution >= 4 is 23.4 Å². The Morgan fingerprint density at radius 3 is 2.32 bits per heavy atom. The van der Waals surface area contributed by atoms with E-state index in [1.807, 2.05) is 55.5 Å². The molecule has 0 atom stereocenters. The number of aryl methyl sites for hydroxylation is 2. The molecule has 0 unspecified atom stereocenters. The van der Waals surface area contributed by atoms with Gasteiger partial charge in [-0.15, -0.1) is 10.2 Å². The van der Waals surface area contributed by atoms with Crippen molar-refractivity contribution in [2.45, 2.75) is 39.7 Å². The van der Waals surface area contributed by atoms with Crippen LogP contribution in [0.25, 0.3) is 22.6 Å². The average molecular weight is 495 g/mol. The monoisotopic (exact) mass is 494 g/mol. The quantitative estimate of drug-likeness (QED) is 0.368. The van der Waals surface area contributed by atoms with E-state index < -0.39 is 0 Å². The normalized spacial score (nSPS) is 13.3. The standard InChI is InChI=1S/C29H26N4O4/c1-18-6-9-23(29-32-31-19(2)37-29)16-25(18)22-10-7-20(8-11-22)15-26(34)30-24-5-3-4-21(14-24)17-33-27(35)12-13-28(33)36/h3-11,14,16H,12-13,15,17H2,1-2H3,(H,30,34). The van der Waals surface area contributed by atoms with Crippen LogP contribution < -0.4 is 5.32 Å². The Morgan fingerprint density at radius 2 is 1.62 bits per heavy atom. The van der Waals surface area contributed by atoms with Crippen molar-refractivity contribution in [1.29, 1.82) is 0 Å². The number of nitrogens with one attached hydrogen (secondary N) is 1. The van der Waals surface area contributed by atoms with Gasteiger partial charge in [0, 0.05) is 31.0 Å². The largest absolute Gasteiger partial charge is 0.421 e. The molecule has 4 aromatic rings. The summed E-state index contributed by atoms with van der Waals surface area (Å²) >= 11 is 0. The topological polar surface area (TPSA) is 105 Å². The number of likely N-dealkylation sites (tertiary alicyclic amines) is 1. The Hall–Kier alpha value is -4.59. The summed E-state index contributed by atoms with van der Waals surface area (Å²) in [4.78, 5) is 37.8. The molecular formula is C29H26N4O4. The van der Waals surface area contributed by atoms with E-state index in [-0.39, 0.29) is 43.5 Å². The van der Waals surface area contributed by atoms with Crippen molar-refractivity contribution in [3.05, 3.63) is 89.3 Å². The van der Waals surface area contributed by atoms with E-state index >= 15 is 0 Å². The number of rotatable bonds is 7. The number of hydrogen-bond donors (Lipinski definition) is 1. The van der Waals surface area contributed by atoms with E-state index in [1.165, 1.54) is 4.90 Å². The lowest BCUT2D eigenvalue weighted by Crippen LogP contribution is -2.28. The third-order valence-corrected chi connectivity index (χ3v) is 6.35. The van der Waals surface area contributed by atoms with Gasteiger partial charge in [0.2, 0.25) is 29.5 Å². The van der Waals surface area contributed by atoms with Crippen molar-refractivity contribution in [2.24, 2.45) is 0 Å². The number of benzene rings is 3. The zero-order valence-electron chi connectivity index (χ0n) is 20.7. The minimum absolute atomic E-state index is 0.150. The summed E-state index contributed by atoms with van der Waals surface area (Å²) in [6.07, 6.45) is 0.739. The molecule has 0 aliphatic carbocycles. The maximum atomic E-state index is 12.7. The first-order valence-corrected chi connectivity index (χ1v) is 12.1. The lowest BCUT2D eigenvalue weighted by molar-refractivity contribution is -0.139. The number of carbonyl (C=O) groups excluding carboxylic acids is 3. The molecule has 1 aliphatic rings. The van der Waals surface area contributed by atoms with Crippen molar-refractivity contribution in [3.8, 4) is 22.6 Å². The number of hydrogen-bond acceptors (Lipinski definition) is 6. The molecule has 1 aliphatic heterocycles. The molecule has 2 heterocycles. The molecule has 8 nitrogen and oxygen atoms in total. The van der Waals surface area contributed by atoms with Gasteiger partial charge in [0.05, 0.1) is 13.0 Å². The highest BCUT2D eigenvalue weighted by molar-refractivity contribution is 6.01. The van der Waals surface area contributed by atoms with Gasteiger partial charge in [0.1, 0.15) is 0 Å². The lowest BCUT2D eigenvalue weighted by atomic mass is 9.96. The summed E-state index contributed by atoms with van der Waals surface area (Å²) in [6.45, 7) is 4.02. The predicted octanol–water partition coefficient (Wildman–Crippen LogP) is 4.85. The van der Waals surface area contributed by atoms with Crippen LogP contribution in [0.3, 0.4) is 0 Å². The smallest absolute Gasteiger partial charge is 0.247 e. The van der Waals surface area contributed by atoms with Gasteiger partial charge < -0.3 is 9.73 Å². The van der Waals surface area contributed by atoms with Gasteiger partial charge in [-0.3, -0.25) is 19.3 Å². The number of carbonyl (C=O) groups is 3. The molecule has 1 fully saturated rings. The number of nitrogens with zero attached hydrogens (tertiary/aromatic N) is 3. The van der Waals surface area contributed by atoms with Crippen LogP contribution in [-0.4, -0.2) is 32.8 Å². The highest BCUT2D eigenvalue weighted by Crippen LogP contribution is 2.29. The van der Waals surface area contributed by atoms with Gasteiger partial charge >= 0.3 is 0 Å². The molecule has 1 saturated heterocycles. The molecule has 0 bridgehead atoms. The number of amides is 3. The second-order valence-corrected chi connectivity index (χ2v) is 9.15.